The molecule has 0 bridgehead atoms. The Balaban J connectivity index is 2.01. The first kappa shape index (κ1) is 15.9. The summed E-state index contributed by atoms with van der Waals surface area (Å²) in [6.07, 6.45) is 0. The first-order chi connectivity index (χ1) is 9.38. The molecule has 5 heteroatoms. The Hall–Kier alpha value is -1.14. The molecule has 108 valence electrons. The van der Waals surface area contributed by atoms with E-state index in [1.54, 1.807) is 7.11 Å². The van der Waals surface area contributed by atoms with Gasteiger partial charge in [0.05, 0.1) is 39.6 Å². The number of hydrogen-bond donors (Lipinski definition) is 1. The van der Waals surface area contributed by atoms with Crippen molar-refractivity contribution in [1.82, 2.24) is 0 Å². The SMILES string of the molecule is COCCOCCOCCOc1ccccc1CO. The molecule has 1 aromatic carbocycles. The Labute approximate surface area is 114 Å². The molecule has 0 saturated heterocycles. The van der Waals surface area contributed by atoms with Crippen LogP contribution in [0.5, 0.6) is 5.75 Å². The molecular formula is C14H22O5. The lowest BCUT2D eigenvalue weighted by Crippen LogP contribution is -2.12. The third-order valence-corrected chi connectivity index (χ3v) is 2.43. The van der Waals surface area contributed by atoms with Gasteiger partial charge in [0.15, 0.2) is 0 Å². The third-order valence-electron chi connectivity index (χ3n) is 2.43. The summed E-state index contributed by atoms with van der Waals surface area (Å²) in [5.74, 6) is 0.699. The molecule has 0 unspecified atom stereocenters. The Morgan fingerprint density at radius 1 is 0.895 bits per heavy atom. The van der Waals surface area contributed by atoms with E-state index < -0.39 is 0 Å². The van der Waals surface area contributed by atoms with Gasteiger partial charge in [-0.1, -0.05) is 18.2 Å². The Kier molecular flexibility index (Phi) is 9.01. The molecule has 0 aromatic heterocycles. The van der Waals surface area contributed by atoms with Crippen molar-refractivity contribution in [3.05, 3.63) is 29.8 Å². The molecule has 1 rings (SSSR count). The number of ether oxygens (including phenoxy) is 4. The molecule has 0 aliphatic heterocycles. The van der Waals surface area contributed by atoms with Crippen LogP contribution in [0.2, 0.25) is 0 Å². The van der Waals surface area contributed by atoms with Crippen LogP contribution in [0.15, 0.2) is 24.3 Å². The molecule has 0 atom stereocenters. The molecule has 19 heavy (non-hydrogen) atoms. The highest BCUT2D eigenvalue weighted by molar-refractivity contribution is 5.32. The van der Waals surface area contributed by atoms with Crippen LogP contribution in [0.3, 0.4) is 0 Å². The number of para-hydroxylation sites is 1. The van der Waals surface area contributed by atoms with Crippen molar-refractivity contribution in [3.8, 4) is 5.75 Å². The van der Waals surface area contributed by atoms with Crippen LogP contribution >= 0.6 is 0 Å². The van der Waals surface area contributed by atoms with Gasteiger partial charge in [0.1, 0.15) is 12.4 Å². The van der Waals surface area contributed by atoms with Crippen LogP contribution in [-0.4, -0.2) is 51.9 Å². The van der Waals surface area contributed by atoms with Gasteiger partial charge in [0.25, 0.3) is 0 Å². The molecule has 0 spiro atoms. The maximum Gasteiger partial charge on any atom is 0.124 e. The minimum atomic E-state index is -0.0234. The average Bonchev–Trinajstić information content (AvgIpc) is 2.46. The maximum atomic E-state index is 9.12. The summed E-state index contributed by atoms with van der Waals surface area (Å²) in [7, 11) is 1.64. The summed E-state index contributed by atoms with van der Waals surface area (Å²) < 4.78 is 21.0. The highest BCUT2D eigenvalue weighted by atomic mass is 16.6. The highest BCUT2D eigenvalue weighted by Crippen LogP contribution is 2.17. The molecule has 0 heterocycles. The van der Waals surface area contributed by atoms with Crippen molar-refractivity contribution in [1.29, 1.82) is 0 Å². The van der Waals surface area contributed by atoms with Gasteiger partial charge in [0.2, 0.25) is 0 Å². The van der Waals surface area contributed by atoms with E-state index in [1.807, 2.05) is 24.3 Å². The lowest BCUT2D eigenvalue weighted by molar-refractivity contribution is 0.0178. The van der Waals surface area contributed by atoms with Crippen molar-refractivity contribution < 1.29 is 24.1 Å². The van der Waals surface area contributed by atoms with Crippen LogP contribution in [-0.2, 0) is 20.8 Å². The Morgan fingerprint density at radius 3 is 2.21 bits per heavy atom. The minimum Gasteiger partial charge on any atom is -0.491 e. The van der Waals surface area contributed by atoms with Gasteiger partial charge in [-0.3, -0.25) is 0 Å². The van der Waals surface area contributed by atoms with Gasteiger partial charge >= 0.3 is 0 Å². The number of hydrogen-bond acceptors (Lipinski definition) is 5. The van der Waals surface area contributed by atoms with E-state index in [2.05, 4.69) is 0 Å². The summed E-state index contributed by atoms with van der Waals surface area (Å²) in [6.45, 7) is 3.19. The van der Waals surface area contributed by atoms with E-state index in [1.165, 1.54) is 0 Å². The van der Waals surface area contributed by atoms with Gasteiger partial charge in [0, 0.05) is 12.7 Å². The summed E-state index contributed by atoms with van der Waals surface area (Å²) in [5.41, 5.74) is 0.783. The lowest BCUT2D eigenvalue weighted by atomic mass is 10.2. The zero-order valence-electron chi connectivity index (χ0n) is 11.3. The number of aliphatic hydroxyl groups excluding tert-OH is 1. The quantitative estimate of drug-likeness (QED) is 0.613. The smallest absolute Gasteiger partial charge is 0.124 e. The normalized spacial score (nSPS) is 10.6. The van der Waals surface area contributed by atoms with Gasteiger partial charge < -0.3 is 24.1 Å². The molecule has 0 fully saturated rings. The summed E-state index contributed by atoms with van der Waals surface area (Å²) in [4.78, 5) is 0. The first-order valence-corrected chi connectivity index (χ1v) is 6.34. The molecule has 1 aromatic rings. The molecule has 0 amide bonds. The van der Waals surface area contributed by atoms with Crippen molar-refractivity contribution in [2.75, 3.05) is 46.8 Å². The zero-order valence-corrected chi connectivity index (χ0v) is 11.3. The Morgan fingerprint density at radius 2 is 1.53 bits per heavy atom. The second-order valence-corrected chi connectivity index (χ2v) is 3.83. The number of aliphatic hydroxyl groups is 1. The van der Waals surface area contributed by atoms with Crippen LogP contribution in [0, 0.1) is 0 Å². The van der Waals surface area contributed by atoms with Crippen LogP contribution < -0.4 is 4.74 Å². The zero-order chi connectivity index (χ0) is 13.8. The van der Waals surface area contributed by atoms with E-state index in [4.69, 9.17) is 24.1 Å². The van der Waals surface area contributed by atoms with Gasteiger partial charge in [-0.2, -0.15) is 0 Å². The minimum absolute atomic E-state index is 0.0234. The van der Waals surface area contributed by atoms with E-state index in [0.717, 1.165) is 5.56 Å². The second kappa shape index (κ2) is 10.8. The van der Waals surface area contributed by atoms with Gasteiger partial charge in [-0.15, -0.1) is 0 Å². The summed E-state index contributed by atoms with van der Waals surface area (Å²) in [5, 5.41) is 9.12. The lowest BCUT2D eigenvalue weighted by Gasteiger charge is -2.10. The molecule has 0 aliphatic rings. The third kappa shape index (κ3) is 7.12. The molecule has 0 radical (unpaired) electrons. The summed E-state index contributed by atoms with van der Waals surface area (Å²) >= 11 is 0. The van der Waals surface area contributed by atoms with E-state index in [9.17, 15) is 0 Å². The molecule has 0 aliphatic carbocycles. The van der Waals surface area contributed by atoms with Crippen molar-refractivity contribution >= 4 is 0 Å². The van der Waals surface area contributed by atoms with Crippen molar-refractivity contribution in [2.24, 2.45) is 0 Å². The highest BCUT2D eigenvalue weighted by Gasteiger charge is 2.00. The largest absolute Gasteiger partial charge is 0.491 e. The van der Waals surface area contributed by atoms with E-state index >= 15 is 0 Å². The van der Waals surface area contributed by atoms with Gasteiger partial charge in [-0.05, 0) is 6.07 Å². The summed E-state index contributed by atoms with van der Waals surface area (Å²) in [6, 6.07) is 7.41. The average molecular weight is 270 g/mol. The monoisotopic (exact) mass is 270 g/mol. The van der Waals surface area contributed by atoms with Crippen LogP contribution in [0.25, 0.3) is 0 Å². The van der Waals surface area contributed by atoms with Gasteiger partial charge in [-0.25, -0.2) is 0 Å². The predicted octanol–water partition coefficient (Wildman–Crippen LogP) is 1.24. The van der Waals surface area contributed by atoms with Crippen LogP contribution in [0.1, 0.15) is 5.56 Å². The predicted molar refractivity (Wildman–Crippen MR) is 71.4 cm³/mol. The Bertz CT molecular complexity index is 329. The molecule has 0 saturated carbocycles. The number of methoxy groups -OCH3 is 1. The van der Waals surface area contributed by atoms with E-state index in [-0.39, 0.29) is 6.61 Å². The molecule has 5 nitrogen and oxygen atoms in total. The number of rotatable bonds is 11. The fourth-order valence-corrected chi connectivity index (χ4v) is 1.45. The van der Waals surface area contributed by atoms with Crippen molar-refractivity contribution in [3.63, 3.8) is 0 Å². The molecular weight excluding hydrogens is 248 g/mol. The van der Waals surface area contributed by atoms with E-state index in [0.29, 0.717) is 45.4 Å². The fraction of sp³-hybridized carbons (Fsp3) is 0.571. The molecule has 1 N–H and O–H groups in total. The fourth-order valence-electron chi connectivity index (χ4n) is 1.45. The maximum absolute atomic E-state index is 9.12. The topological polar surface area (TPSA) is 57.2 Å². The number of benzene rings is 1. The standard InChI is InChI=1S/C14H22O5/c1-16-6-7-17-8-9-18-10-11-19-14-5-3-2-4-13(14)12-15/h2-5,15H,6-12H2,1H3. The van der Waals surface area contributed by atoms with Crippen molar-refractivity contribution in [2.45, 2.75) is 6.61 Å². The first-order valence-electron chi connectivity index (χ1n) is 6.34. The van der Waals surface area contributed by atoms with Crippen LogP contribution in [0.4, 0.5) is 0 Å². The second-order valence-electron chi connectivity index (χ2n) is 3.83.